The molecule has 1 N–H and O–H groups in total. The highest BCUT2D eigenvalue weighted by Crippen LogP contribution is 2.18. The summed E-state index contributed by atoms with van der Waals surface area (Å²) >= 11 is 1.07. The number of benzene rings is 1. The highest BCUT2D eigenvalue weighted by molar-refractivity contribution is 7.94. The van der Waals surface area contributed by atoms with Gasteiger partial charge >= 0.3 is 6.09 Å². The van der Waals surface area contributed by atoms with Crippen LogP contribution in [0.3, 0.4) is 0 Å². The van der Waals surface area contributed by atoms with E-state index in [1.54, 1.807) is 20.8 Å². The van der Waals surface area contributed by atoms with Crippen LogP contribution in [0.4, 0.5) is 4.79 Å². The molecule has 0 spiro atoms. The van der Waals surface area contributed by atoms with E-state index in [1.807, 2.05) is 31.2 Å². The molecule has 0 radical (unpaired) electrons. The lowest BCUT2D eigenvalue weighted by Gasteiger charge is -2.18. The maximum atomic E-state index is 11.2. The normalized spacial score (nSPS) is 11.1. The molecule has 1 aromatic carbocycles. The zero-order valence-corrected chi connectivity index (χ0v) is 11.3. The highest BCUT2D eigenvalue weighted by Gasteiger charge is 2.16. The number of nitrogens with one attached hydrogen (secondary N) is 1. The highest BCUT2D eigenvalue weighted by atomic mass is 32.2. The van der Waals surface area contributed by atoms with E-state index in [9.17, 15) is 4.79 Å². The number of carbonyl (C=O) groups excluding carboxylic acids is 1. The minimum atomic E-state index is -0.600. The van der Waals surface area contributed by atoms with Crippen LogP contribution in [0.2, 0.25) is 0 Å². The molecule has 1 aromatic rings. The van der Waals surface area contributed by atoms with Gasteiger partial charge in [0, 0.05) is 4.90 Å². The molecule has 0 aromatic heterocycles. The maximum absolute atomic E-state index is 11.2. The molecule has 0 unspecified atom stereocenters. The molecule has 94 valence electrons. The number of aryl methyl sites for hydroxylation is 1. The van der Waals surface area contributed by atoms with Crippen molar-refractivity contribution in [2.75, 3.05) is 0 Å². The molecule has 0 heterocycles. The molecule has 0 saturated carbocycles. The van der Waals surface area contributed by atoms with Gasteiger partial charge in [0.25, 0.3) is 0 Å². The van der Waals surface area contributed by atoms with E-state index < -0.39 is 11.7 Å². The summed E-state index contributed by atoms with van der Waals surface area (Å²) in [4.78, 5) is 12.1. The van der Waals surface area contributed by atoms with Gasteiger partial charge in [-0.3, -0.25) is 0 Å². The van der Waals surface area contributed by atoms with Crippen molar-refractivity contribution in [3.63, 3.8) is 0 Å². The molecular weight excluding hydrogens is 238 g/mol. The van der Waals surface area contributed by atoms with E-state index in [0.717, 1.165) is 16.9 Å². The minimum Gasteiger partial charge on any atom is -0.442 e. The van der Waals surface area contributed by atoms with Crippen LogP contribution in [-0.4, -0.2) is 11.7 Å². The second kappa shape index (κ2) is 5.93. The van der Waals surface area contributed by atoms with E-state index in [1.165, 1.54) is 5.56 Å². The molecule has 4 nitrogen and oxygen atoms in total. The summed E-state index contributed by atoms with van der Waals surface area (Å²) in [5.74, 6) is 0. The third-order valence-electron chi connectivity index (χ3n) is 1.68. The number of amides is 1. The van der Waals surface area contributed by atoms with Gasteiger partial charge in [-0.05, 0) is 39.8 Å². The monoisotopic (exact) mass is 255 g/mol. The number of hydrogen-bond acceptors (Lipinski definition) is 4. The fourth-order valence-corrected chi connectivity index (χ4v) is 1.45. The molecule has 5 heteroatoms. The van der Waals surface area contributed by atoms with Gasteiger partial charge in [0.05, 0.1) is 12.0 Å². The number of rotatable bonds is 3. The summed E-state index contributed by atoms with van der Waals surface area (Å²) in [7, 11) is 0. The van der Waals surface area contributed by atoms with E-state index in [4.69, 9.17) is 9.02 Å². The zero-order chi connectivity index (χ0) is 12.9. The largest absolute Gasteiger partial charge is 0.442 e. The van der Waals surface area contributed by atoms with Crippen molar-refractivity contribution in [2.45, 2.75) is 38.2 Å². The molecule has 0 bridgehead atoms. The lowest BCUT2D eigenvalue weighted by molar-refractivity contribution is 0.0326. The molecule has 0 fully saturated rings. The Labute approximate surface area is 106 Å². The molecule has 0 aliphatic rings. The van der Waals surface area contributed by atoms with E-state index >= 15 is 0 Å². The fourth-order valence-electron chi connectivity index (χ4n) is 0.996. The quantitative estimate of drug-likeness (QED) is 0.663. The van der Waals surface area contributed by atoms with Gasteiger partial charge in [-0.25, -0.2) is 4.79 Å². The van der Waals surface area contributed by atoms with Crippen LogP contribution in [0.1, 0.15) is 26.3 Å². The Kier molecular flexibility index (Phi) is 4.84. The SMILES string of the molecule is Cc1ccc(SONC(=O)OC(C)(C)C)cc1. The maximum Gasteiger partial charge on any atom is 0.432 e. The minimum absolute atomic E-state index is 0.526. The van der Waals surface area contributed by atoms with E-state index in [-0.39, 0.29) is 0 Å². The summed E-state index contributed by atoms with van der Waals surface area (Å²) in [6, 6.07) is 7.77. The first kappa shape index (κ1) is 13.9. The molecule has 0 atom stereocenters. The first-order valence-corrected chi connectivity index (χ1v) is 6.00. The van der Waals surface area contributed by atoms with Crippen LogP contribution in [0.5, 0.6) is 0 Å². The lowest BCUT2D eigenvalue weighted by atomic mass is 10.2. The van der Waals surface area contributed by atoms with Crippen molar-refractivity contribution < 1.29 is 13.8 Å². The first-order chi connectivity index (χ1) is 7.87. The smallest absolute Gasteiger partial charge is 0.432 e. The Bertz CT molecular complexity index is 370. The van der Waals surface area contributed by atoms with E-state index in [0.29, 0.717) is 0 Å². The fraction of sp³-hybridized carbons (Fsp3) is 0.417. The third kappa shape index (κ3) is 6.19. The molecule has 1 amide bonds. The summed E-state index contributed by atoms with van der Waals surface area (Å²) in [5, 5.41) is 0. The topological polar surface area (TPSA) is 47.6 Å². The first-order valence-electron chi connectivity index (χ1n) is 5.26. The molecule has 1 rings (SSSR count). The summed E-state index contributed by atoms with van der Waals surface area (Å²) in [6.45, 7) is 7.38. The Morgan fingerprint density at radius 1 is 1.24 bits per heavy atom. The van der Waals surface area contributed by atoms with Gasteiger partial charge < -0.3 is 4.74 Å². The second-order valence-electron chi connectivity index (χ2n) is 4.58. The molecule has 0 aliphatic heterocycles. The number of hydroxylamine groups is 1. The van der Waals surface area contributed by atoms with Crippen LogP contribution in [0, 0.1) is 6.92 Å². The van der Waals surface area contributed by atoms with Gasteiger partial charge in [-0.2, -0.15) is 9.76 Å². The standard InChI is InChI=1S/C12H17NO3S/c1-9-5-7-10(8-6-9)17-16-13-11(14)15-12(2,3)4/h5-8H,1-4H3,(H,13,14). The van der Waals surface area contributed by atoms with Crippen LogP contribution < -0.4 is 5.48 Å². The van der Waals surface area contributed by atoms with Crippen molar-refractivity contribution in [3.05, 3.63) is 29.8 Å². The Balaban J connectivity index is 2.28. The van der Waals surface area contributed by atoms with E-state index in [2.05, 4.69) is 5.48 Å². The van der Waals surface area contributed by atoms with Gasteiger partial charge in [-0.15, -0.1) is 0 Å². The zero-order valence-electron chi connectivity index (χ0n) is 10.4. The molecular formula is C12H17NO3S. The summed E-state index contributed by atoms with van der Waals surface area (Å²) in [6.07, 6.45) is -0.600. The number of hydrogen-bond donors (Lipinski definition) is 1. The average Bonchev–Trinajstić information content (AvgIpc) is 2.18. The second-order valence-corrected chi connectivity index (χ2v) is 5.39. The van der Waals surface area contributed by atoms with Crippen LogP contribution in [-0.2, 0) is 9.02 Å². The Hall–Kier alpha value is -1.20. The van der Waals surface area contributed by atoms with Crippen molar-refractivity contribution in [1.82, 2.24) is 5.48 Å². The number of ether oxygens (including phenoxy) is 1. The molecule has 0 saturated heterocycles. The van der Waals surface area contributed by atoms with Crippen molar-refractivity contribution in [3.8, 4) is 0 Å². The van der Waals surface area contributed by atoms with Gasteiger partial charge in [-0.1, -0.05) is 17.7 Å². The molecule has 0 aliphatic carbocycles. The Morgan fingerprint density at radius 2 is 1.82 bits per heavy atom. The third-order valence-corrected chi connectivity index (χ3v) is 2.31. The average molecular weight is 255 g/mol. The van der Waals surface area contributed by atoms with Crippen molar-refractivity contribution >= 4 is 18.1 Å². The predicted molar refractivity (Wildman–Crippen MR) is 67.5 cm³/mol. The Morgan fingerprint density at radius 3 is 2.35 bits per heavy atom. The van der Waals surface area contributed by atoms with Crippen molar-refractivity contribution in [1.29, 1.82) is 0 Å². The lowest BCUT2D eigenvalue weighted by Crippen LogP contribution is -2.31. The number of carbonyl (C=O) groups is 1. The van der Waals surface area contributed by atoms with Gasteiger partial charge in [0.15, 0.2) is 0 Å². The van der Waals surface area contributed by atoms with Crippen LogP contribution in [0.15, 0.2) is 29.2 Å². The van der Waals surface area contributed by atoms with Gasteiger partial charge in [0.1, 0.15) is 5.60 Å². The van der Waals surface area contributed by atoms with Gasteiger partial charge in [0.2, 0.25) is 0 Å². The predicted octanol–water partition coefficient (Wildman–Crippen LogP) is 3.46. The summed E-state index contributed by atoms with van der Waals surface area (Å²) in [5.41, 5.74) is 2.85. The van der Waals surface area contributed by atoms with Crippen LogP contribution >= 0.6 is 12.0 Å². The van der Waals surface area contributed by atoms with Crippen molar-refractivity contribution in [2.24, 2.45) is 0 Å². The summed E-state index contributed by atoms with van der Waals surface area (Å²) < 4.78 is 9.97. The van der Waals surface area contributed by atoms with Crippen LogP contribution in [0.25, 0.3) is 0 Å². The molecule has 17 heavy (non-hydrogen) atoms.